The number of ether oxygens (including phenoxy) is 1. The summed E-state index contributed by atoms with van der Waals surface area (Å²) in [6.07, 6.45) is -0.714. The van der Waals surface area contributed by atoms with Crippen LogP contribution in [0.15, 0.2) is 17.1 Å². The van der Waals surface area contributed by atoms with Crippen LogP contribution in [0.2, 0.25) is 0 Å². The minimum atomic E-state index is -4.73. The SMILES string of the molecule is CC(C)Cn1c(=O)c(C(=O)NC(C)C(F)(F)F)c(O)n2ncc(/C=C/C(=O)N3CCOCC3)c12. The number of alkyl halides is 3. The predicted molar refractivity (Wildman–Crippen MR) is 115 cm³/mol. The fourth-order valence-corrected chi connectivity index (χ4v) is 3.46. The molecule has 0 aromatic carbocycles. The molecule has 0 radical (unpaired) electrons. The van der Waals surface area contributed by atoms with Gasteiger partial charge in [0.05, 0.1) is 19.4 Å². The van der Waals surface area contributed by atoms with Gasteiger partial charge in [0.25, 0.3) is 11.5 Å². The fraction of sp³-hybridized carbons (Fsp3) is 0.524. The van der Waals surface area contributed by atoms with Crippen molar-refractivity contribution in [3.8, 4) is 5.88 Å². The number of nitrogens with zero attached hydrogens (tertiary/aromatic N) is 4. The first-order chi connectivity index (χ1) is 15.9. The predicted octanol–water partition coefficient (Wildman–Crippen LogP) is 1.41. The zero-order valence-corrected chi connectivity index (χ0v) is 18.9. The second kappa shape index (κ2) is 9.87. The molecule has 0 spiro atoms. The minimum absolute atomic E-state index is 0.0850. The van der Waals surface area contributed by atoms with Crippen molar-refractivity contribution in [2.75, 3.05) is 26.3 Å². The maximum atomic E-state index is 13.2. The van der Waals surface area contributed by atoms with E-state index in [9.17, 15) is 32.7 Å². The van der Waals surface area contributed by atoms with E-state index in [1.165, 1.54) is 18.3 Å². The quantitative estimate of drug-likeness (QED) is 0.598. The molecule has 1 aliphatic heterocycles. The summed E-state index contributed by atoms with van der Waals surface area (Å²) >= 11 is 0. The number of carbonyl (C=O) groups is 2. The van der Waals surface area contributed by atoms with Crippen LogP contribution in [0, 0.1) is 5.92 Å². The molecule has 34 heavy (non-hydrogen) atoms. The highest BCUT2D eigenvalue weighted by Gasteiger charge is 2.38. The standard InChI is InChI=1S/C21H26F3N5O5/c1-12(2)11-28-18-14(4-5-15(30)27-6-8-34-9-7-27)10-25-29(18)20(33)16(19(28)32)17(31)26-13(3)21(22,23)24/h4-5,10,12-13,33H,6-9,11H2,1-3H3,(H,26,31)/b5-4+. The summed E-state index contributed by atoms with van der Waals surface area (Å²) in [5, 5.41) is 16.3. The number of aromatic hydroxyl groups is 1. The Hall–Kier alpha value is -3.35. The van der Waals surface area contributed by atoms with Gasteiger partial charge < -0.3 is 20.1 Å². The Morgan fingerprint density at radius 1 is 1.26 bits per heavy atom. The average molecular weight is 485 g/mol. The molecule has 3 rings (SSSR count). The number of amides is 2. The Morgan fingerprint density at radius 2 is 1.91 bits per heavy atom. The van der Waals surface area contributed by atoms with Crippen LogP contribution in [-0.4, -0.2) is 74.5 Å². The smallest absolute Gasteiger partial charge is 0.408 e. The Labute approximate surface area is 192 Å². The molecule has 2 aromatic heterocycles. The molecule has 2 N–H and O–H groups in total. The summed E-state index contributed by atoms with van der Waals surface area (Å²) in [6.45, 7) is 6.14. The monoisotopic (exact) mass is 485 g/mol. The maximum absolute atomic E-state index is 13.2. The van der Waals surface area contributed by atoms with Gasteiger partial charge in [0.2, 0.25) is 11.8 Å². The van der Waals surface area contributed by atoms with E-state index in [1.807, 2.05) is 0 Å². The van der Waals surface area contributed by atoms with Gasteiger partial charge in [0, 0.05) is 31.3 Å². The highest BCUT2D eigenvalue weighted by atomic mass is 19.4. The van der Waals surface area contributed by atoms with Crippen LogP contribution in [-0.2, 0) is 16.1 Å². The molecule has 13 heteroatoms. The van der Waals surface area contributed by atoms with E-state index < -0.39 is 35.1 Å². The third kappa shape index (κ3) is 5.24. The molecule has 10 nitrogen and oxygen atoms in total. The molecule has 1 unspecified atom stereocenters. The Bertz CT molecular complexity index is 1160. The molecular formula is C21H26F3N5O5. The van der Waals surface area contributed by atoms with Crippen LogP contribution in [0.25, 0.3) is 11.7 Å². The van der Waals surface area contributed by atoms with Gasteiger partial charge in [-0.2, -0.15) is 22.8 Å². The lowest BCUT2D eigenvalue weighted by atomic mass is 10.2. The van der Waals surface area contributed by atoms with Crippen LogP contribution in [0.4, 0.5) is 13.2 Å². The Balaban J connectivity index is 2.06. The van der Waals surface area contributed by atoms with E-state index in [4.69, 9.17) is 4.74 Å². The van der Waals surface area contributed by atoms with Crippen LogP contribution in [0.1, 0.15) is 36.7 Å². The number of halogens is 3. The second-order valence-corrected chi connectivity index (χ2v) is 8.35. The van der Waals surface area contributed by atoms with Gasteiger partial charge >= 0.3 is 6.18 Å². The van der Waals surface area contributed by atoms with Gasteiger partial charge in [0.15, 0.2) is 5.56 Å². The molecular weight excluding hydrogens is 459 g/mol. The van der Waals surface area contributed by atoms with Crippen molar-refractivity contribution in [1.29, 1.82) is 0 Å². The molecule has 0 saturated carbocycles. The summed E-state index contributed by atoms with van der Waals surface area (Å²) in [4.78, 5) is 39.7. The molecule has 2 aromatic rings. The molecule has 0 aliphatic carbocycles. The lowest BCUT2D eigenvalue weighted by Gasteiger charge is -2.25. The van der Waals surface area contributed by atoms with E-state index in [0.717, 1.165) is 16.0 Å². The fourth-order valence-electron chi connectivity index (χ4n) is 3.46. The summed E-state index contributed by atoms with van der Waals surface area (Å²) in [5.41, 5.74) is -1.42. The van der Waals surface area contributed by atoms with Gasteiger partial charge in [-0.3, -0.25) is 19.0 Å². The van der Waals surface area contributed by atoms with Gasteiger partial charge in [-0.15, -0.1) is 0 Å². The Morgan fingerprint density at radius 3 is 2.50 bits per heavy atom. The van der Waals surface area contributed by atoms with Crippen molar-refractivity contribution in [1.82, 2.24) is 24.4 Å². The molecule has 1 aliphatic rings. The van der Waals surface area contributed by atoms with Crippen LogP contribution >= 0.6 is 0 Å². The van der Waals surface area contributed by atoms with Gasteiger partial charge in [-0.1, -0.05) is 13.8 Å². The van der Waals surface area contributed by atoms with Crippen molar-refractivity contribution in [2.45, 2.75) is 39.5 Å². The number of morpholine rings is 1. The van der Waals surface area contributed by atoms with Crippen molar-refractivity contribution < 1.29 is 32.6 Å². The topological polar surface area (TPSA) is 118 Å². The zero-order valence-electron chi connectivity index (χ0n) is 18.9. The van der Waals surface area contributed by atoms with Crippen molar-refractivity contribution in [3.05, 3.63) is 33.8 Å². The third-order valence-corrected chi connectivity index (χ3v) is 5.25. The summed E-state index contributed by atoms with van der Waals surface area (Å²) in [6, 6.07) is -2.24. The van der Waals surface area contributed by atoms with Gasteiger partial charge in [-0.25, -0.2) is 0 Å². The first kappa shape index (κ1) is 25.3. The highest BCUT2D eigenvalue weighted by Crippen LogP contribution is 2.23. The lowest BCUT2D eigenvalue weighted by molar-refractivity contribution is -0.149. The molecule has 3 heterocycles. The van der Waals surface area contributed by atoms with Crippen molar-refractivity contribution in [2.24, 2.45) is 5.92 Å². The van der Waals surface area contributed by atoms with E-state index in [1.54, 1.807) is 24.1 Å². The number of fused-ring (bicyclic) bond motifs is 1. The van der Waals surface area contributed by atoms with Crippen molar-refractivity contribution in [3.63, 3.8) is 0 Å². The maximum Gasteiger partial charge on any atom is 0.408 e. The van der Waals surface area contributed by atoms with E-state index in [0.29, 0.717) is 31.9 Å². The average Bonchev–Trinajstić information content (AvgIpc) is 3.19. The molecule has 186 valence electrons. The number of carbonyl (C=O) groups excluding carboxylic acids is 2. The van der Waals surface area contributed by atoms with Crippen molar-refractivity contribution >= 4 is 23.5 Å². The summed E-state index contributed by atoms with van der Waals surface area (Å²) in [7, 11) is 0. The summed E-state index contributed by atoms with van der Waals surface area (Å²) < 4.78 is 46.0. The van der Waals surface area contributed by atoms with E-state index >= 15 is 0 Å². The third-order valence-electron chi connectivity index (χ3n) is 5.25. The number of aromatic nitrogens is 3. The molecule has 0 bridgehead atoms. The molecule has 1 saturated heterocycles. The first-order valence-electron chi connectivity index (χ1n) is 10.7. The lowest BCUT2D eigenvalue weighted by Crippen LogP contribution is -2.45. The second-order valence-electron chi connectivity index (χ2n) is 8.35. The molecule has 1 fully saturated rings. The number of nitrogens with one attached hydrogen (secondary N) is 1. The van der Waals surface area contributed by atoms with E-state index in [2.05, 4.69) is 5.10 Å². The van der Waals surface area contributed by atoms with Gasteiger partial charge in [-0.05, 0) is 18.9 Å². The molecule has 1 atom stereocenters. The summed E-state index contributed by atoms with van der Waals surface area (Å²) in [5.74, 6) is -2.65. The number of hydrogen-bond acceptors (Lipinski definition) is 6. The minimum Gasteiger partial charge on any atom is -0.492 e. The largest absolute Gasteiger partial charge is 0.492 e. The van der Waals surface area contributed by atoms with Gasteiger partial charge in [0.1, 0.15) is 11.7 Å². The number of hydrogen-bond donors (Lipinski definition) is 2. The first-order valence-corrected chi connectivity index (χ1v) is 10.7. The van der Waals surface area contributed by atoms with Crippen LogP contribution in [0.3, 0.4) is 0 Å². The van der Waals surface area contributed by atoms with Crippen LogP contribution < -0.4 is 10.9 Å². The van der Waals surface area contributed by atoms with E-state index in [-0.39, 0.29) is 24.0 Å². The normalized spacial score (nSPS) is 15.9. The highest BCUT2D eigenvalue weighted by molar-refractivity contribution is 5.97. The Kier molecular flexibility index (Phi) is 7.34. The molecule has 2 amide bonds. The van der Waals surface area contributed by atoms with Crippen LogP contribution in [0.5, 0.6) is 5.88 Å². The zero-order chi connectivity index (χ0) is 25.2. The number of rotatable bonds is 6.